The summed E-state index contributed by atoms with van der Waals surface area (Å²) < 4.78 is 5.38. The van der Waals surface area contributed by atoms with E-state index >= 15 is 0 Å². The molecule has 1 amide bonds. The van der Waals surface area contributed by atoms with E-state index in [-0.39, 0.29) is 11.9 Å². The van der Waals surface area contributed by atoms with Crippen molar-refractivity contribution >= 4 is 23.6 Å². The number of aliphatic carboxylic acids is 1. The van der Waals surface area contributed by atoms with Gasteiger partial charge >= 0.3 is 5.97 Å². The number of carboxylic acids is 1. The summed E-state index contributed by atoms with van der Waals surface area (Å²) in [6.07, 6.45) is 0.538. The van der Waals surface area contributed by atoms with Crippen LogP contribution in [0.3, 0.4) is 0 Å². The predicted molar refractivity (Wildman–Crippen MR) is 85.3 cm³/mol. The second-order valence-corrected chi connectivity index (χ2v) is 6.30. The van der Waals surface area contributed by atoms with Gasteiger partial charge in [-0.15, -0.1) is 11.8 Å². The van der Waals surface area contributed by atoms with E-state index in [1.54, 1.807) is 4.90 Å². The Balaban J connectivity index is 1.86. The molecule has 1 aliphatic heterocycles. The fourth-order valence-corrected chi connectivity index (χ4v) is 3.43. The zero-order valence-corrected chi connectivity index (χ0v) is 13.6. The predicted octanol–water partition coefficient (Wildman–Crippen LogP) is 2.50. The Morgan fingerprint density at radius 3 is 2.59 bits per heavy atom. The monoisotopic (exact) mass is 323 g/mol. The Labute approximate surface area is 134 Å². The molecule has 2 unspecified atom stereocenters. The number of amides is 1. The van der Waals surface area contributed by atoms with Crippen LogP contribution < -0.4 is 4.74 Å². The van der Waals surface area contributed by atoms with E-state index in [0.717, 1.165) is 10.6 Å². The molecule has 0 aromatic heterocycles. The Hall–Kier alpha value is -1.69. The number of likely N-dealkylation sites (tertiary alicyclic amines) is 1. The minimum Gasteiger partial charge on any atom is -0.494 e. The summed E-state index contributed by atoms with van der Waals surface area (Å²) in [4.78, 5) is 26.0. The molecule has 120 valence electrons. The van der Waals surface area contributed by atoms with Crippen molar-refractivity contribution in [3.8, 4) is 5.75 Å². The molecule has 0 saturated carbocycles. The smallest absolute Gasteiger partial charge is 0.308 e. The molecular formula is C16H21NO4S. The standard InChI is InChI=1S/C16H21NO4S/c1-3-21-12-4-6-13(7-5-12)22-10-15(18)17-9-8-14(11(17)2)16(19)20/h4-7,11,14H,3,8-10H2,1-2H3,(H,19,20). The van der Waals surface area contributed by atoms with Crippen LogP contribution in [0.4, 0.5) is 0 Å². The lowest BCUT2D eigenvalue weighted by molar-refractivity contribution is -0.142. The number of nitrogens with zero attached hydrogens (tertiary/aromatic N) is 1. The van der Waals surface area contributed by atoms with Crippen molar-refractivity contribution in [1.82, 2.24) is 4.90 Å². The van der Waals surface area contributed by atoms with Crippen molar-refractivity contribution in [2.75, 3.05) is 18.9 Å². The van der Waals surface area contributed by atoms with Crippen molar-refractivity contribution < 1.29 is 19.4 Å². The Morgan fingerprint density at radius 2 is 2.05 bits per heavy atom. The highest BCUT2D eigenvalue weighted by molar-refractivity contribution is 8.00. The van der Waals surface area contributed by atoms with Gasteiger partial charge < -0.3 is 14.7 Å². The number of thioether (sulfide) groups is 1. The van der Waals surface area contributed by atoms with Crippen molar-refractivity contribution in [3.05, 3.63) is 24.3 Å². The molecule has 1 saturated heterocycles. The number of carbonyl (C=O) groups excluding carboxylic acids is 1. The van der Waals surface area contributed by atoms with Gasteiger partial charge in [0, 0.05) is 17.5 Å². The number of rotatable bonds is 6. The number of hydrogen-bond acceptors (Lipinski definition) is 4. The molecule has 1 aromatic carbocycles. The summed E-state index contributed by atoms with van der Waals surface area (Å²) in [6, 6.07) is 7.39. The second kappa shape index (κ2) is 7.54. The maximum absolute atomic E-state index is 12.3. The lowest BCUT2D eigenvalue weighted by atomic mass is 10.0. The van der Waals surface area contributed by atoms with E-state index in [1.807, 2.05) is 38.1 Å². The summed E-state index contributed by atoms with van der Waals surface area (Å²) in [7, 11) is 0. The van der Waals surface area contributed by atoms with Gasteiger partial charge in [-0.25, -0.2) is 0 Å². The molecule has 0 aliphatic carbocycles. The highest BCUT2D eigenvalue weighted by Crippen LogP contribution is 2.27. The summed E-state index contributed by atoms with van der Waals surface area (Å²) in [5.41, 5.74) is 0. The highest BCUT2D eigenvalue weighted by Gasteiger charge is 2.37. The fourth-order valence-electron chi connectivity index (χ4n) is 2.65. The van der Waals surface area contributed by atoms with Gasteiger partial charge in [-0.05, 0) is 44.5 Å². The lowest BCUT2D eigenvalue weighted by Gasteiger charge is -2.23. The maximum atomic E-state index is 12.3. The first-order chi connectivity index (χ1) is 10.5. The SMILES string of the molecule is CCOc1ccc(SCC(=O)N2CCC(C(=O)O)C2C)cc1. The van der Waals surface area contributed by atoms with Gasteiger partial charge in [0.15, 0.2) is 0 Å². The number of carboxylic acid groups (broad SMARTS) is 1. The summed E-state index contributed by atoms with van der Waals surface area (Å²) >= 11 is 1.46. The van der Waals surface area contributed by atoms with Gasteiger partial charge in [0.1, 0.15) is 5.75 Å². The topological polar surface area (TPSA) is 66.8 Å². The van der Waals surface area contributed by atoms with E-state index in [9.17, 15) is 9.59 Å². The van der Waals surface area contributed by atoms with E-state index in [1.165, 1.54) is 11.8 Å². The minimum atomic E-state index is -0.818. The molecule has 2 rings (SSSR count). The Morgan fingerprint density at radius 1 is 1.36 bits per heavy atom. The minimum absolute atomic E-state index is 0.00450. The van der Waals surface area contributed by atoms with Gasteiger partial charge in [-0.3, -0.25) is 9.59 Å². The van der Waals surface area contributed by atoms with Crippen LogP contribution in [-0.2, 0) is 9.59 Å². The largest absolute Gasteiger partial charge is 0.494 e. The Bertz CT molecular complexity index is 531. The third-order valence-corrected chi connectivity index (χ3v) is 4.89. The molecule has 22 heavy (non-hydrogen) atoms. The molecule has 1 fully saturated rings. The third kappa shape index (κ3) is 3.94. The molecule has 1 aromatic rings. The summed E-state index contributed by atoms with van der Waals surface area (Å²) in [5.74, 6) is -0.128. The van der Waals surface area contributed by atoms with Gasteiger partial charge in [0.25, 0.3) is 0 Å². The molecule has 0 radical (unpaired) electrons. The first kappa shape index (κ1) is 16.7. The van der Waals surface area contributed by atoms with Gasteiger partial charge in [0.2, 0.25) is 5.91 Å². The zero-order valence-electron chi connectivity index (χ0n) is 12.8. The van der Waals surface area contributed by atoms with E-state index in [2.05, 4.69) is 0 Å². The van der Waals surface area contributed by atoms with Crippen LogP contribution in [0.15, 0.2) is 29.2 Å². The second-order valence-electron chi connectivity index (χ2n) is 5.25. The van der Waals surface area contributed by atoms with Crippen molar-refractivity contribution in [2.24, 2.45) is 5.92 Å². The van der Waals surface area contributed by atoms with Gasteiger partial charge in [-0.1, -0.05) is 0 Å². The van der Waals surface area contributed by atoms with Crippen LogP contribution in [0.2, 0.25) is 0 Å². The fraction of sp³-hybridized carbons (Fsp3) is 0.500. The van der Waals surface area contributed by atoms with Crippen molar-refractivity contribution in [2.45, 2.75) is 31.2 Å². The molecule has 2 atom stereocenters. The number of carbonyl (C=O) groups is 2. The van der Waals surface area contributed by atoms with Crippen molar-refractivity contribution in [3.63, 3.8) is 0 Å². The highest BCUT2D eigenvalue weighted by atomic mass is 32.2. The molecule has 0 bridgehead atoms. The molecule has 5 nitrogen and oxygen atoms in total. The molecule has 6 heteroatoms. The lowest BCUT2D eigenvalue weighted by Crippen LogP contribution is -2.38. The van der Waals surface area contributed by atoms with Crippen LogP contribution in [0.25, 0.3) is 0 Å². The molecule has 1 aliphatic rings. The maximum Gasteiger partial charge on any atom is 0.308 e. The van der Waals surface area contributed by atoms with Crippen LogP contribution >= 0.6 is 11.8 Å². The molecular weight excluding hydrogens is 302 g/mol. The van der Waals surface area contributed by atoms with Gasteiger partial charge in [-0.2, -0.15) is 0 Å². The zero-order chi connectivity index (χ0) is 16.1. The van der Waals surface area contributed by atoms with Gasteiger partial charge in [0.05, 0.1) is 18.3 Å². The quantitative estimate of drug-likeness (QED) is 0.815. The molecule has 0 spiro atoms. The van der Waals surface area contributed by atoms with Crippen molar-refractivity contribution in [1.29, 1.82) is 0 Å². The number of benzene rings is 1. The van der Waals surface area contributed by atoms with E-state index in [4.69, 9.17) is 9.84 Å². The number of hydrogen-bond donors (Lipinski definition) is 1. The first-order valence-electron chi connectivity index (χ1n) is 7.41. The van der Waals surface area contributed by atoms with Crippen LogP contribution in [-0.4, -0.2) is 46.8 Å². The van der Waals surface area contributed by atoms with E-state index < -0.39 is 11.9 Å². The van der Waals surface area contributed by atoms with Crippen LogP contribution in [0.1, 0.15) is 20.3 Å². The average Bonchev–Trinajstić information content (AvgIpc) is 2.88. The van der Waals surface area contributed by atoms with Crippen LogP contribution in [0, 0.1) is 5.92 Å². The molecule has 1 heterocycles. The van der Waals surface area contributed by atoms with E-state index in [0.29, 0.717) is 25.3 Å². The molecule has 1 N–H and O–H groups in total. The normalized spacial score (nSPS) is 20.9. The summed E-state index contributed by atoms with van der Waals surface area (Å²) in [6.45, 7) is 4.90. The summed E-state index contributed by atoms with van der Waals surface area (Å²) in [5, 5.41) is 9.11. The average molecular weight is 323 g/mol. The van der Waals surface area contributed by atoms with Crippen LogP contribution in [0.5, 0.6) is 5.75 Å². The number of ether oxygens (including phenoxy) is 1. The Kier molecular flexibility index (Phi) is 5.71. The first-order valence-corrected chi connectivity index (χ1v) is 8.39. The third-order valence-electron chi connectivity index (χ3n) is 3.89.